The Bertz CT molecular complexity index is 1290. The van der Waals surface area contributed by atoms with Crippen molar-refractivity contribution in [1.29, 1.82) is 0 Å². The van der Waals surface area contributed by atoms with E-state index < -0.39 is 0 Å². The van der Waals surface area contributed by atoms with Gasteiger partial charge in [-0.2, -0.15) is 5.10 Å². The molecule has 7 nitrogen and oxygen atoms in total. The number of carbonyl (C=O) groups excluding carboxylic acids is 1. The Labute approximate surface area is 177 Å². The van der Waals surface area contributed by atoms with Crippen molar-refractivity contribution in [3.05, 3.63) is 82.8 Å². The third-order valence-corrected chi connectivity index (χ3v) is 5.51. The lowest BCUT2D eigenvalue weighted by molar-refractivity contribution is 0.102. The van der Waals surface area contributed by atoms with E-state index in [1.54, 1.807) is 46.7 Å². The second-order valence-electron chi connectivity index (χ2n) is 6.23. The Morgan fingerprint density at radius 1 is 1.14 bits per heavy atom. The predicted molar refractivity (Wildman–Crippen MR) is 116 cm³/mol. The summed E-state index contributed by atoms with van der Waals surface area (Å²) in [6.45, 7) is 0. The summed E-state index contributed by atoms with van der Waals surface area (Å²) in [6.07, 6.45) is 9.00. The molecule has 0 spiro atoms. The fraction of sp³-hybridized carbons (Fsp3) is 0. The minimum absolute atomic E-state index is 0.255. The number of aromatic nitrogens is 5. The number of nitrogens with one attached hydrogen (secondary N) is 1. The normalized spacial score (nSPS) is 11.1. The van der Waals surface area contributed by atoms with Crippen LogP contribution >= 0.6 is 27.3 Å². The van der Waals surface area contributed by atoms with Gasteiger partial charge in [-0.05, 0) is 40.2 Å². The first kappa shape index (κ1) is 17.8. The number of amides is 1. The molecular formula is C20H13BrN6OS. The lowest BCUT2D eigenvalue weighted by atomic mass is 10.1. The number of hydrogen-bond donors (Lipinski definition) is 1. The van der Waals surface area contributed by atoms with Crippen molar-refractivity contribution < 1.29 is 4.79 Å². The Kier molecular flexibility index (Phi) is 4.45. The summed E-state index contributed by atoms with van der Waals surface area (Å²) in [5.41, 5.74) is 3.01. The smallest absolute Gasteiger partial charge is 0.259 e. The largest absolute Gasteiger partial charge is 0.322 e. The number of carbonyl (C=O) groups is 1. The van der Waals surface area contributed by atoms with Gasteiger partial charge in [0.2, 0.25) is 0 Å². The summed E-state index contributed by atoms with van der Waals surface area (Å²) >= 11 is 4.95. The highest BCUT2D eigenvalue weighted by atomic mass is 79.9. The average Bonchev–Trinajstić information content (AvgIpc) is 3.45. The minimum atomic E-state index is -0.255. The third kappa shape index (κ3) is 3.45. The molecule has 0 radical (unpaired) electrons. The highest BCUT2D eigenvalue weighted by Gasteiger charge is 2.15. The van der Waals surface area contributed by atoms with Gasteiger partial charge in [-0.15, -0.1) is 11.3 Å². The van der Waals surface area contributed by atoms with Crippen molar-refractivity contribution in [2.75, 3.05) is 5.32 Å². The molecule has 0 aliphatic heterocycles. The Balaban J connectivity index is 1.38. The van der Waals surface area contributed by atoms with Crippen LogP contribution in [0.15, 0.2) is 77.2 Å². The standard InChI is InChI=1S/C20H13BrN6OS/c21-14-10-23-27(11-14)18-16(2-1-7-22-18)19(28)24-15-5-3-13(4-6-15)17-12-26-8-9-29-20(26)25-17/h1-12H,(H,24,28). The molecule has 4 heterocycles. The van der Waals surface area contributed by atoms with Gasteiger partial charge in [-0.3, -0.25) is 9.20 Å². The van der Waals surface area contributed by atoms with Crippen molar-refractivity contribution in [3.8, 4) is 17.1 Å². The highest BCUT2D eigenvalue weighted by molar-refractivity contribution is 9.10. The first-order chi connectivity index (χ1) is 14.2. The van der Waals surface area contributed by atoms with Gasteiger partial charge in [0, 0.05) is 41.4 Å². The molecule has 1 N–H and O–H groups in total. The SMILES string of the molecule is O=C(Nc1ccc(-c2cn3ccsc3n2)cc1)c1cccnc1-n1cc(Br)cn1. The maximum atomic E-state index is 12.8. The number of thiazole rings is 1. The number of fused-ring (bicyclic) bond motifs is 1. The molecule has 1 amide bonds. The summed E-state index contributed by atoms with van der Waals surface area (Å²) in [6, 6.07) is 11.1. The molecule has 0 saturated heterocycles. The molecule has 9 heteroatoms. The van der Waals surface area contributed by atoms with E-state index in [4.69, 9.17) is 0 Å². The lowest BCUT2D eigenvalue weighted by Gasteiger charge is -2.09. The van der Waals surface area contributed by atoms with Gasteiger partial charge in [0.25, 0.3) is 5.91 Å². The van der Waals surface area contributed by atoms with Crippen LogP contribution in [0.1, 0.15) is 10.4 Å². The molecule has 0 aliphatic rings. The number of nitrogens with zero attached hydrogens (tertiary/aromatic N) is 5. The van der Waals surface area contributed by atoms with Crippen LogP contribution in [-0.2, 0) is 0 Å². The highest BCUT2D eigenvalue weighted by Crippen LogP contribution is 2.23. The van der Waals surface area contributed by atoms with E-state index in [0.717, 1.165) is 20.7 Å². The van der Waals surface area contributed by atoms with Crippen LogP contribution in [0.25, 0.3) is 22.0 Å². The molecule has 0 saturated carbocycles. The van der Waals surface area contributed by atoms with Gasteiger partial charge in [0.05, 0.1) is 21.9 Å². The van der Waals surface area contributed by atoms with E-state index in [-0.39, 0.29) is 5.91 Å². The number of pyridine rings is 1. The fourth-order valence-corrected chi connectivity index (χ4v) is 3.95. The minimum Gasteiger partial charge on any atom is -0.322 e. The van der Waals surface area contributed by atoms with Gasteiger partial charge in [-0.1, -0.05) is 12.1 Å². The Morgan fingerprint density at radius 2 is 2.00 bits per heavy atom. The maximum Gasteiger partial charge on any atom is 0.259 e. The Hall–Kier alpha value is -3.30. The first-order valence-electron chi connectivity index (χ1n) is 8.67. The van der Waals surface area contributed by atoms with Gasteiger partial charge in [0.15, 0.2) is 10.8 Å². The molecule has 0 aliphatic carbocycles. The molecule has 5 aromatic rings. The van der Waals surface area contributed by atoms with E-state index in [1.807, 2.05) is 46.4 Å². The molecular weight excluding hydrogens is 452 g/mol. The number of rotatable bonds is 4. The molecule has 142 valence electrons. The second kappa shape index (κ2) is 7.26. The average molecular weight is 465 g/mol. The lowest BCUT2D eigenvalue weighted by Crippen LogP contribution is -2.16. The molecule has 0 fully saturated rings. The summed E-state index contributed by atoms with van der Waals surface area (Å²) in [7, 11) is 0. The van der Waals surface area contributed by atoms with Gasteiger partial charge in [-0.25, -0.2) is 14.6 Å². The quantitative estimate of drug-likeness (QED) is 0.419. The summed E-state index contributed by atoms with van der Waals surface area (Å²) in [4.78, 5) is 22.7. The van der Waals surface area contributed by atoms with Crippen LogP contribution in [0.4, 0.5) is 5.69 Å². The fourth-order valence-electron chi connectivity index (χ4n) is 2.96. The maximum absolute atomic E-state index is 12.8. The zero-order valence-electron chi connectivity index (χ0n) is 14.9. The summed E-state index contributed by atoms with van der Waals surface area (Å²) in [5, 5.41) is 9.13. The zero-order chi connectivity index (χ0) is 19.8. The number of anilines is 1. The van der Waals surface area contributed by atoms with E-state index in [0.29, 0.717) is 17.1 Å². The van der Waals surface area contributed by atoms with Crippen LogP contribution in [0.2, 0.25) is 0 Å². The molecule has 5 rings (SSSR count). The number of benzene rings is 1. The number of imidazole rings is 1. The Morgan fingerprint density at radius 3 is 2.76 bits per heavy atom. The number of hydrogen-bond acceptors (Lipinski definition) is 5. The zero-order valence-corrected chi connectivity index (χ0v) is 17.3. The van der Waals surface area contributed by atoms with Crippen LogP contribution < -0.4 is 5.32 Å². The monoisotopic (exact) mass is 464 g/mol. The van der Waals surface area contributed by atoms with E-state index in [2.05, 4.69) is 36.3 Å². The van der Waals surface area contributed by atoms with Crippen molar-refractivity contribution in [1.82, 2.24) is 24.1 Å². The van der Waals surface area contributed by atoms with Crippen molar-refractivity contribution in [2.24, 2.45) is 0 Å². The second-order valence-corrected chi connectivity index (χ2v) is 8.02. The molecule has 29 heavy (non-hydrogen) atoms. The van der Waals surface area contributed by atoms with Crippen LogP contribution in [0.3, 0.4) is 0 Å². The van der Waals surface area contributed by atoms with Gasteiger partial charge >= 0.3 is 0 Å². The van der Waals surface area contributed by atoms with Crippen molar-refractivity contribution in [2.45, 2.75) is 0 Å². The van der Waals surface area contributed by atoms with Gasteiger partial charge in [0.1, 0.15) is 0 Å². The van der Waals surface area contributed by atoms with Crippen molar-refractivity contribution in [3.63, 3.8) is 0 Å². The van der Waals surface area contributed by atoms with Gasteiger partial charge < -0.3 is 5.32 Å². The molecule has 4 aromatic heterocycles. The molecule has 1 aromatic carbocycles. The summed E-state index contributed by atoms with van der Waals surface area (Å²) in [5.74, 6) is 0.209. The summed E-state index contributed by atoms with van der Waals surface area (Å²) < 4.78 is 4.36. The van der Waals surface area contributed by atoms with Crippen molar-refractivity contribution >= 4 is 43.8 Å². The van der Waals surface area contributed by atoms with Crippen LogP contribution in [0, 0.1) is 0 Å². The molecule has 0 bridgehead atoms. The van der Waals surface area contributed by atoms with E-state index in [1.165, 1.54) is 0 Å². The first-order valence-corrected chi connectivity index (χ1v) is 10.3. The number of halogens is 1. The molecule has 0 unspecified atom stereocenters. The van der Waals surface area contributed by atoms with Crippen LogP contribution in [-0.4, -0.2) is 30.1 Å². The van der Waals surface area contributed by atoms with E-state index in [9.17, 15) is 4.79 Å². The predicted octanol–water partition coefficient (Wildman–Crippen LogP) is 4.66. The molecule has 0 atom stereocenters. The van der Waals surface area contributed by atoms with Crippen LogP contribution in [0.5, 0.6) is 0 Å². The van der Waals surface area contributed by atoms with E-state index >= 15 is 0 Å². The topological polar surface area (TPSA) is 77.1 Å². The third-order valence-electron chi connectivity index (χ3n) is 4.33.